The molecule has 0 spiro atoms. The van der Waals surface area contributed by atoms with E-state index in [0.717, 1.165) is 0 Å². The molecule has 0 unspecified atom stereocenters. The van der Waals surface area contributed by atoms with Crippen molar-refractivity contribution in [2.45, 2.75) is 38.3 Å². The second-order valence-electron chi connectivity index (χ2n) is 3.42. The summed E-state index contributed by atoms with van der Waals surface area (Å²) in [6.07, 6.45) is -2.66. The largest absolute Gasteiger partial charge is 0.453 e. The van der Waals surface area contributed by atoms with Crippen LogP contribution < -0.4 is 0 Å². The van der Waals surface area contributed by atoms with Crippen LogP contribution in [0.5, 0.6) is 0 Å². The highest BCUT2D eigenvalue weighted by Gasteiger charge is 2.41. The summed E-state index contributed by atoms with van der Waals surface area (Å²) < 4.78 is 4.73. The molecular weight excluding hydrogens is 188 g/mol. The Morgan fingerprint density at radius 1 is 1.43 bits per heavy atom. The molecule has 14 heavy (non-hydrogen) atoms. The molecule has 80 valence electrons. The van der Waals surface area contributed by atoms with E-state index in [4.69, 9.17) is 14.9 Å². The normalized spacial score (nSPS) is 34.4. The van der Waals surface area contributed by atoms with E-state index in [-0.39, 0.29) is 5.57 Å². The first-order valence-electron chi connectivity index (χ1n) is 4.40. The van der Waals surface area contributed by atoms with Gasteiger partial charge in [0.05, 0.1) is 17.8 Å². The third kappa shape index (κ3) is 2.12. The minimum absolute atomic E-state index is 0.00546. The highest BCUT2D eigenvalue weighted by Crippen LogP contribution is 2.23. The molecule has 1 heterocycles. The van der Waals surface area contributed by atoms with Gasteiger partial charge in [-0.25, -0.2) is 4.79 Å². The topological polar surface area (TPSA) is 87.0 Å². The second kappa shape index (κ2) is 4.08. The summed E-state index contributed by atoms with van der Waals surface area (Å²) in [4.78, 5) is 11.2. The van der Waals surface area contributed by atoms with Gasteiger partial charge in [0.1, 0.15) is 6.10 Å². The van der Waals surface area contributed by atoms with Crippen molar-refractivity contribution in [1.29, 1.82) is 0 Å². The third-order valence-corrected chi connectivity index (χ3v) is 2.00. The van der Waals surface area contributed by atoms with Gasteiger partial charge in [-0.3, -0.25) is 0 Å². The van der Waals surface area contributed by atoms with E-state index < -0.39 is 30.4 Å². The van der Waals surface area contributed by atoms with E-state index in [9.17, 15) is 9.90 Å². The van der Waals surface area contributed by atoms with E-state index in [1.165, 1.54) is 19.9 Å². The molecule has 0 aliphatic carbocycles. The Labute approximate surface area is 81.6 Å². The molecular formula is C9H14O5. The first kappa shape index (κ1) is 11.2. The molecule has 1 rings (SSSR count). The van der Waals surface area contributed by atoms with E-state index in [1.807, 2.05) is 0 Å². The van der Waals surface area contributed by atoms with Gasteiger partial charge < -0.3 is 20.1 Å². The Morgan fingerprint density at radius 2 is 2.00 bits per heavy atom. The summed E-state index contributed by atoms with van der Waals surface area (Å²) in [5, 5.41) is 27.7. The van der Waals surface area contributed by atoms with Gasteiger partial charge in [0.25, 0.3) is 0 Å². The van der Waals surface area contributed by atoms with Crippen molar-refractivity contribution < 1.29 is 24.9 Å². The summed E-state index contributed by atoms with van der Waals surface area (Å²) in [5.74, 6) is -0.690. The van der Waals surface area contributed by atoms with E-state index in [1.54, 1.807) is 0 Å². The first-order valence-corrected chi connectivity index (χ1v) is 4.40. The van der Waals surface area contributed by atoms with Crippen LogP contribution in [0.1, 0.15) is 13.8 Å². The molecule has 4 atom stereocenters. The highest BCUT2D eigenvalue weighted by molar-refractivity contribution is 5.92. The van der Waals surface area contributed by atoms with E-state index >= 15 is 0 Å². The number of ether oxygens (including phenoxy) is 1. The van der Waals surface area contributed by atoms with E-state index in [0.29, 0.717) is 0 Å². The Bertz CT molecular complexity index is 256. The number of hydrogen-bond acceptors (Lipinski definition) is 5. The fourth-order valence-electron chi connectivity index (χ4n) is 1.34. The highest BCUT2D eigenvalue weighted by atomic mass is 16.6. The summed E-state index contributed by atoms with van der Waals surface area (Å²) in [5.41, 5.74) is 0.00546. The van der Waals surface area contributed by atoms with Crippen LogP contribution in [0.4, 0.5) is 0 Å². The summed E-state index contributed by atoms with van der Waals surface area (Å²) in [7, 11) is 0. The van der Waals surface area contributed by atoms with E-state index in [2.05, 4.69) is 0 Å². The molecule has 1 saturated heterocycles. The average molecular weight is 202 g/mol. The quantitative estimate of drug-likeness (QED) is 0.393. The third-order valence-electron chi connectivity index (χ3n) is 2.00. The molecule has 5 heteroatoms. The van der Waals surface area contributed by atoms with Crippen LogP contribution in [0.3, 0.4) is 0 Å². The van der Waals surface area contributed by atoms with Crippen molar-refractivity contribution in [1.82, 2.24) is 0 Å². The first-order chi connectivity index (χ1) is 6.43. The van der Waals surface area contributed by atoms with Crippen LogP contribution in [-0.4, -0.2) is 45.7 Å². The van der Waals surface area contributed by atoms with Crippen LogP contribution >= 0.6 is 0 Å². The van der Waals surface area contributed by atoms with Crippen molar-refractivity contribution in [3.63, 3.8) is 0 Å². The molecule has 1 fully saturated rings. The van der Waals surface area contributed by atoms with Crippen LogP contribution in [-0.2, 0) is 9.53 Å². The summed E-state index contributed by atoms with van der Waals surface area (Å²) >= 11 is 0. The number of carbonyl (C=O) groups is 1. The lowest BCUT2D eigenvalue weighted by Gasteiger charge is -2.15. The lowest BCUT2D eigenvalue weighted by molar-refractivity contribution is -0.144. The maximum atomic E-state index is 11.2. The van der Waals surface area contributed by atoms with Gasteiger partial charge in [-0.15, -0.1) is 0 Å². The molecule has 0 bridgehead atoms. The molecule has 0 aromatic heterocycles. The smallest absolute Gasteiger partial charge is 0.337 e. The number of esters is 1. The SMILES string of the molecule is C[C@H](O)/C=C1/C(=O)O[C@H]([C@@H](C)O)[C@@H]1O. The maximum absolute atomic E-state index is 11.2. The number of cyclic esters (lactones) is 1. The number of rotatable bonds is 2. The minimum Gasteiger partial charge on any atom is -0.453 e. The molecule has 0 aromatic rings. The minimum atomic E-state index is -1.17. The van der Waals surface area contributed by atoms with Crippen LogP contribution in [0.15, 0.2) is 11.6 Å². The zero-order valence-corrected chi connectivity index (χ0v) is 8.04. The zero-order chi connectivity index (χ0) is 10.9. The monoisotopic (exact) mass is 202 g/mol. The van der Waals surface area contributed by atoms with Gasteiger partial charge in [0.15, 0.2) is 6.10 Å². The van der Waals surface area contributed by atoms with Gasteiger partial charge in [-0.1, -0.05) is 0 Å². The standard InChI is InChI=1S/C9H14O5/c1-4(10)3-6-7(12)8(5(2)11)14-9(6)13/h3-5,7-8,10-12H,1-2H3/b6-3+/t4-,5+,7+,8+/m0/s1. The Balaban J connectivity index is 2.85. The van der Waals surface area contributed by atoms with Crippen LogP contribution in [0.25, 0.3) is 0 Å². The summed E-state index contributed by atoms with van der Waals surface area (Å²) in [6.45, 7) is 2.88. The molecule has 0 amide bonds. The lowest BCUT2D eigenvalue weighted by Crippen LogP contribution is -2.32. The molecule has 5 nitrogen and oxygen atoms in total. The fraction of sp³-hybridized carbons (Fsp3) is 0.667. The fourth-order valence-corrected chi connectivity index (χ4v) is 1.34. The predicted molar refractivity (Wildman–Crippen MR) is 47.3 cm³/mol. The molecule has 1 aliphatic heterocycles. The predicted octanol–water partition coefficient (Wildman–Crippen LogP) is -1.04. The van der Waals surface area contributed by atoms with Crippen molar-refractivity contribution in [3.8, 4) is 0 Å². The Kier molecular flexibility index (Phi) is 3.25. The van der Waals surface area contributed by atoms with Crippen molar-refractivity contribution in [3.05, 3.63) is 11.6 Å². The maximum Gasteiger partial charge on any atom is 0.337 e. The average Bonchev–Trinajstić information content (AvgIpc) is 2.31. The van der Waals surface area contributed by atoms with Crippen molar-refractivity contribution in [2.75, 3.05) is 0 Å². The van der Waals surface area contributed by atoms with Crippen molar-refractivity contribution >= 4 is 5.97 Å². The molecule has 3 N–H and O–H groups in total. The second-order valence-corrected chi connectivity index (χ2v) is 3.42. The van der Waals surface area contributed by atoms with Crippen LogP contribution in [0.2, 0.25) is 0 Å². The Hall–Kier alpha value is -0.910. The molecule has 0 aromatic carbocycles. The number of aliphatic hydroxyl groups excluding tert-OH is 3. The summed E-state index contributed by atoms with van der Waals surface area (Å²) in [6, 6.07) is 0. The number of aliphatic hydroxyl groups is 3. The van der Waals surface area contributed by atoms with Gasteiger partial charge in [-0.2, -0.15) is 0 Å². The molecule has 0 radical (unpaired) electrons. The van der Waals surface area contributed by atoms with Gasteiger partial charge in [0.2, 0.25) is 0 Å². The van der Waals surface area contributed by atoms with Gasteiger partial charge in [0, 0.05) is 0 Å². The number of hydrogen-bond donors (Lipinski definition) is 3. The van der Waals surface area contributed by atoms with Crippen LogP contribution in [0, 0.1) is 0 Å². The van der Waals surface area contributed by atoms with Gasteiger partial charge >= 0.3 is 5.97 Å². The molecule has 1 aliphatic rings. The Morgan fingerprint density at radius 3 is 2.36 bits per heavy atom. The van der Waals surface area contributed by atoms with Gasteiger partial charge in [-0.05, 0) is 19.9 Å². The van der Waals surface area contributed by atoms with Crippen molar-refractivity contribution in [2.24, 2.45) is 0 Å². The zero-order valence-electron chi connectivity index (χ0n) is 8.04. The number of carbonyl (C=O) groups excluding carboxylic acids is 1. The molecule has 0 saturated carbocycles. The lowest BCUT2D eigenvalue weighted by atomic mass is 10.0.